The van der Waals surface area contributed by atoms with Gasteiger partial charge in [0, 0.05) is 13.7 Å². The van der Waals surface area contributed by atoms with Crippen LogP contribution in [0.2, 0.25) is 0 Å². The fourth-order valence-electron chi connectivity index (χ4n) is 2.64. The van der Waals surface area contributed by atoms with E-state index in [4.69, 9.17) is 4.74 Å². The van der Waals surface area contributed by atoms with Crippen molar-refractivity contribution in [2.75, 3.05) is 13.8 Å². The molecule has 0 atom stereocenters. The Bertz CT molecular complexity index is 314. The summed E-state index contributed by atoms with van der Waals surface area (Å²) in [6.45, 7) is 1.50. The SMILES string of the molecule is COCNCc1ccc(C2CCCCC2)cc1. The summed E-state index contributed by atoms with van der Waals surface area (Å²) in [4.78, 5) is 0. The van der Waals surface area contributed by atoms with Crippen molar-refractivity contribution < 1.29 is 4.74 Å². The topological polar surface area (TPSA) is 21.3 Å². The summed E-state index contributed by atoms with van der Waals surface area (Å²) in [5.41, 5.74) is 2.86. The Morgan fingerprint density at radius 2 is 1.82 bits per heavy atom. The number of rotatable bonds is 5. The molecule has 2 rings (SSSR count). The van der Waals surface area contributed by atoms with E-state index in [2.05, 4.69) is 29.6 Å². The first-order valence-electron chi connectivity index (χ1n) is 6.68. The van der Waals surface area contributed by atoms with E-state index in [0.29, 0.717) is 6.73 Å². The van der Waals surface area contributed by atoms with E-state index >= 15 is 0 Å². The minimum absolute atomic E-state index is 0.615. The molecule has 0 unspecified atom stereocenters. The van der Waals surface area contributed by atoms with Crippen molar-refractivity contribution in [3.8, 4) is 0 Å². The van der Waals surface area contributed by atoms with Crippen molar-refractivity contribution >= 4 is 0 Å². The lowest BCUT2D eigenvalue weighted by molar-refractivity contribution is 0.174. The highest BCUT2D eigenvalue weighted by Crippen LogP contribution is 2.32. The zero-order valence-electron chi connectivity index (χ0n) is 10.7. The fourth-order valence-corrected chi connectivity index (χ4v) is 2.64. The molecule has 0 bridgehead atoms. The monoisotopic (exact) mass is 233 g/mol. The van der Waals surface area contributed by atoms with Crippen LogP contribution in [0.1, 0.15) is 49.1 Å². The van der Waals surface area contributed by atoms with Gasteiger partial charge in [0.05, 0.1) is 6.73 Å². The first-order valence-corrected chi connectivity index (χ1v) is 6.68. The van der Waals surface area contributed by atoms with Crippen LogP contribution in [0, 0.1) is 0 Å². The van der Waals surface area contributed by atoms with Crippen LogP contribution in [-0.2, 0) is 11.3 Å². The lowest BCUT2D eigenvalue weighted by Gasteiger charge is -2.22. The third-order valence-corrected chi connectivity index (χ3v) is 3.63. The van der Waals surface area contributed by atoms with Crippen LogP contribution in [0.25, 0.3) is 0 Å². The molecule has 17 heavy (non-hydrogen) atoms. The molecule has 0 amide bonds. The van der Waals surface area contributed by atoms with Crippen LogP contribution in [0.3, 0.4) is 0 Å². The van der Waals surface area contributed by atoms with Gasteiger partial charge in [-0.3, -0.25) is 5.32 Å². The molecule has 1 aromatic rings. The lowest BCUT2D eigenvalue weighted by atomic mass is 9.84. The number of hydrogen-bond donors (Lipinski definition) is 1. The molecule has 2 heteroatoms. The van der Waals surface area contributed by atoms with Crippen molar-refractivity contribution in [1.82, 2.24) is 5.32 Å². The van der Waals surface area contributed by atoms with Gasteiger partial charge in [-0.1, -0.05) is 43.5 Å². The standard InChI is InChI=1S/C15H23NO/c1-17-12-16-11-13-7-9-15(10-8-13)14-5-3-2-4-6-14/h7-10,14,16H,2-6,11-12H2,1H3. The van der Waals surface area contributed by atoms with Crippen molar-refractivity contribution in [1.29, 1.82) is 0 Å². The van der Waals surface area contributed by atoms with Crippen LogP contribution in [0.15, 0.2) is 24.3 Å². The summed E-state index contributed by atoms with van der Waals surface area (Å²) in [6, 6.07) is 9.10. The molecule has 1 fully saturated rings. The molecule has 1 aromatic carbocycles. The zero-order valence-corrected chi connectivity index (χ0v) is 10.7. The van der Waals surface area contributed by atoms with Crippen molar-refractivity contribution in [2.45, 2.75) is 44.6 Å². The fraction of sp³-hybridized carbons (Fsp3) is 0.600. The molecule has 94 valence electrons. The summed E-state index contributed by atoms with van der Waals surface area (Å²) < 4.78 is 4.97. The smallest absolute Gasteiger partial charge is 0.0964 e. The summed E-state index contributed by atoms with van der Waals surface area (Å²) >= 11 is 0. The molecule has 0 heterocycles. The van der Waals surface area contributed by atoms with Crippen molar-refractivity contribution in [3.05, 3.63) is 35.4 Å². The van der Waals surface area contributed by atoms with Crippen LogP contribution < -0.4 is 5.32 Å². The molecule has 0 aliphatic heterocycles. The van der Waals surface area contributed by atoms with E-state index in [9.17, 15) is 0 Å². The van der Waals surface area contributed by atoms with Gasteiger partial charge in [0.2, 0.25) is 0 Å². The molecule has 0 aromatic heterocycles. The molecule has 0 spiro atoms. The Balaban J connectivity index is 1.88. The summed E-state index contributed by atoms with van der Waals surface area (Å²) in [5, 5.41) is 3.23. The van der Waals surface area contributed by atoms with Gasteiger partial charge < -0.3 is 4.74 Å². The molecule has 2 nitrogen and oxygen atoms in total. The Morgan fingerprint density at radius 1 is 1.12 bits per heavy atom. The maximum atomic E-state index is 4.97. The molecule has 1 saturated carbocycles. The maximum Gasteiger partial charge on any atom is 0.0964 e. The van der Waals surface area contributed by atoms with E-state index in [1.165, 1.54) is 43.2 Å². The molecular formula is C15H23NO. The first kappa shape index (κ1) is 12.6. The van der Waals surface area contributed by atoms with Gasteiger partial charge >= 0.3 is 0 Å². The Hall–Kier alpha value is -0.860. The second-order valence-corrected chi connectivity index (χ2v) is 4.94. The second kappa shape index (κ2) is 6.77. The molecule has 1 N–H and O–H groups in total. The Morgan fingerprint density at radius 3 is 2.47 bits per heavy atom. The Labute approximate surface area is 104 Å². The van der Waals surface area contributed by atoms with E-state index in [1.54, 1.807) is 7.11 Å². The number of nitrogens with one attached hydrogen (secondary N) is 1. The highest BCUT2D eigenvalue weighted by Gasteiger charge is 2.14. The van der Waals surface area contributed by atoms with E-state index < -0.39 is 0 Å². The van der Waals surface area contributed by atoms with Gasteiger partial charge in [-0.05, 0) is 29.9 Å². The van der Waals surface area contributed by atoms with Crippen molar-refractivity contribution in [3.63, 3.8) is 0 Å². The van der Waals surface area contributed by atoms with Crippen molar-refractivity contribution in [2.24, 2.45) is 0 Å². The highest BCUT2D eigenvalue weighted by atomic mass is 16.5. The number of benzene rings is 1. The number of methoxy groups -OCH3 is 1. The molecule has 0 radical (unpaired) electrons. The Kier molecular flexibility index (Phi) is 5.02. The predicted octanol–water partition coefficient (Wildman–Crippen LogP) is 3.43. The molecule has 1 aliphatic carbocycles. The molecular weight excluding hydrogens is 210 g/mol. The summed E-state index contributed by atoms with van der Waals surface area (Å²) in [5.74, 6) is 0.810. The molecule has 1 aliphatic rings. The van der Waals surface area contributed by atoms with Gasteiger partial charge in [-0.25, -0.2) is 0 Å². The normalized spacial score (nSPS) is 17.2. The van der Waals surface area contributed by atoms with Gasteiger partial charge in [-0.2, -0.15) is 0 Å². The predicted molar refractivity (Wildman–Crippen MR) is 71.0 cm³/mol. The minimum Gasteiger partial charge on any atom is -0.370 e. The summed E-state index contributed by atoms with van der Waals surface area (Å²) in [7, 11) is 1.71. The second-order valence-electron chi connectivity index (χ2n) is 4.94. The van der Waals surface area contributed by atoms with Gasteiger partial charge in [0.15, 0.2) is 0 Å². The maximum absolute atomic E-state index is 4.97. The van der Waals surface area contributed by atoms with Gasteiger partial charge in [0.25, 0.3) is 0 Å². The first-order chi connectivity index (χ1) is 8.40. The van der Waals surface area contributed by atoms with Crippen LogP contribution >= 0.6 is 0 Å². The quantitative estimate of drug-likeness (QED) is 0.621. The van der Waals surface area contributed by atoms with Crippen LogP contribution in [0.5, 0.6) is 0 Å². The third-order valence-electron chi connectivity index (χ3n) is 3.63. The third kappa shape index (κ3) is 3.83. The van der Waals surface area contributed by atoms with Crippen LogP contribution in [-0.4, -0.2) is 13.8 Å². The number of ether oxygens (including phenoxy) is 1. The average molecular weight is 233 g/mol. The minimum atomic E-state index is 0.615. The van der Waals surface area contributed by atoms with E-state index in [-0.39, 0.29) is 0 Å². The number of hydrogen-bond acceptors (Lipinski definition) is 2. The average Bonchev–Trinajstić information content (AvgIpc) is 2.41. The lowest BCUT2D eigenvalue weighted by Crippen LogP contribution is -2.15. The summed E-state index contributed by atoms with van der Waals surface area (Å²) in [6.07, 6.45) is 6.99. The molecule has 0 saturated heterocycles. The highest BCUT2D eigenvalue weighted by molar-refractivity contribution is 5.25. The zero-order chi connectivity index (χ0) is 11.9. The van der Waals surface area contributed by atoms with Crippen LogP contribution in [0.4, 0.5) is 0 Å². The van der Waals surface area contributed by atoms with Gasteiger partial charge in [0.1, 0.15) is 0 Å². The largest absolute Gasteiger partial charge is 0.370 e. The van der Waals surface area contributed by atoms with E-state index in [1.807, 2.05) is 0 Å². The van der Waals surface area contributed by atoms with Gasteiger partial charge in [-0.15, -0.1) is 0 Å². The van der Waals surface area contributed by atoms with E-state index in [0.717, 1.165) is 12.5 Å².